The van der Waals surface area contributed by atoms with Crippen LogP contribution >= 0.6 is 0 Å². The van der Waals surface area contributed by atoms with E-state index >= 15 is 0 Å². The highest BCUT2D eigenvalue weighted by molar-refractivity contribution is 5.75. The summed E-state index contributed by atoms with van der Waals surface area (Å²) in [6.45, 7) is 5.39. The molecule has 2 rings (SSSR count). The van der Waals surface area contributed by atoms with Crippen molar-refractivity contribution in [2.75, 3.05) is 13.2 Å². The molecule has 0 aromatic heterocycles. The molecule has 0 aliphatic heterocycles. The molecule has 0 spiro atoms. The quantitative estimate of drug-likeness (QED) is 0.661. The van der Waals surface area contributed by atoms with Crippen LogP contribution < -0.4 is 5.32 Å². The lowest BCUT2D eigenvalue weighted by Gasteiger charge is -2.21. The van der Waals surface area contributed by atoms with Gasteiger partial charge >= 0.3 is 5.97 Å². The number of esters is 1. The monoisotopic (exact) mass is 239 g/mol. The van der Waals surface area contributed by atoms with E-state index < -0.39 is 0 Å². The lowest BCUT2D eigenvalue weighted by Crippen LogP contribution is -2.41. The zero-order valence-electron chi connectivity index (χ0n) is 11.1. The molecule has 0 heterocycles. The third kappa shape index (κ3) is 3.70. The van der Waals surface area contributed by atoms with Gasteiger partial charge < -0.3 is 10.1 Å². The minimum Gasteiger partial charge on any atom is -0.465 e. The predicted molar refractivity (Wildman–Crippen MR) is 67.7 cm³/mol. The zero-order chi connectivity index (χ0) is 12.3. The van der Waals surface area contributed by atoms with Gasteiger partial charge in [0.05, 0.1) is 6.61 Å². The van der Waals surface area contributed by atoms with Gasteiger partial charge in [-0.2, -0.15) is 0 Å². The number of nitrogens with one attached hydrogen (secondary N) is 1. The molecule has 0 saturated heterocycles. The van der Waals surface area contributed by atoms with E-state index in [9.17, 15) is 4.79 Å². The molecule has 1 unspecified atom stereocenters. The Morgan fingerprint density at radius 2 is 1.82 bits per heavy atom. The Hall–Kier alpha value is -0.570. The Morgan fingerprint density at radius 3 is 2.24 bits per heavy atom. The van der Waals surface area contributed by atoms with Crippen LogP contribution in [-0.4, -0.2) is 25.2 Å². The number of hydrogen-bond donors (Lipinski definition) is 1. The van der Waals surface area contributed by atoms with Gasteiger partial charge in [-0.05, 0) is 63.3 Å². The first kappa shape index (κ1) is 12.9. The van der Waals surface area contributed by atoms with Gasteiger partial charge in [-0.1, -0.05) is 6.92 Å². The maximum atomic E-state index is 11.7. The van der Waals surface area contributed by atoms with Crippen molar-refractivity contribution < 1.29 is 9.53 Å². The van der Waals surface area contributed by atoms with Crippen LogP contribution in [0.25, 0.3) is 0 Å². The van der Waals surface area contributed by atoms with E-state index in [1.165, 1.54) is 25.7 Å². The molecule has 0 aromatic rings. The maximum Gasteiger partial charge on any atom is 0.323 e. The molecule has 0 amide bonds. The lowest BCUT2D eigenvalue weighted by molar-refractivity contribution is -0.145. The van der Waals surface area contributed by atoms with Crippen molar-refractivity contribution in [1.82, 2.24) is 5.32 Å². The summed E-state index contributed by atoms with van der Waals surface area (Å²) in [5, 5.41) is 3.42. The molecule has 0 radical (unpaired) electrons. The van der Waals surface area contributed by atoms with Crippen molar-refractivity contribution >= 4 is 5.97 Å². The highest BCUT2D eigenvalue weighted by Crippen LogP contribution is 2.48. The van der Waals surface area contributed by atoms with Crippen LogP contribution in [0, 0.1) is 17.8 Å². The first-order valence-electron chi connectivity index (χ1n) is 7.16. The fourth-order valence-corrected chi connectivity index (χ4v) is 2.68. The van der Waals surface area contributed by atoms with E-state index in [1.807, 2.05) is 13.8 Å². The summed E-state index contributed by atoms with van der Waals surface area (Å²) in [6, 6.07) is -0.102. The van der Waals surface area contributed by atoms with Crippen LogP contribution in [0.4, 0.5) is 0 Å². The summed E-state index contributed by atoms with van der Waals surface area (Å²) in [4.78, 5) is 11.7. The van der Waals surface area contributed by atoms with Gasteiger partial charge in [0.25, 0.3) is 0 Å². The highest BCUT2D eigenvalue weighted by Gasteiger charge is 2.41. The minimum absolute atomic E-state index is 0.0830. The second kappa shape index (κ2) is 5.85. The third-order valence-corrected chi connectivity index (χ3v) is 4.03. The average Bonchev–Trinajstić information content (AvgIpc) is 3.17. The van der Waals surface area contributed by atoms with E-state index in [1.54, 1.807) is 0 Å². The molecular weight excluding hydrogens is 214 g/mol. The van der Waals surface area contributed by atoms with Crippen LogP contribution in [0.5, 0.6) is 0 Å². The number of carbonyl (C=O) groups is 1. The van der Waals surface area contributed by atoms with Gasteiger partial charge in [0.2, 0.25) is 0 Å². The smallest absolute Gasteiger partial charge is 0.323 e. The summed E-state index contributed by atoms with van der Waals surface area (Å²) in [7, 11) is 0. The van der Waals surface area contributed by atoms with Crippen LogP contribution in [0.1, 0.15) is 46.0 Å². The summed E-state index contributed by atoms with van der Waals surface area (Å²) < 4.78 is 5.08. The summed E-state index contributed by atoms with van der Waals surface area (Å²) in [5.74, 6) is 2.61. The Balaban J connectivity index is 1.75. The van der Waals surface area contributed by atoms with Crippen molar-refractivity contribution in [3.63, 3.8) is 0 Å². The van der Waals surface area contributed by atoms with E-state index in [0.29, 0.717) is 6.61 Å². The summed E-state index contributed by atoms with van der Waals surface area (Å²) in [5.41, 5.74) is 0. The molecule has 2 saturated carbocycles. The highest BCUT2D eigenvalue weighted by atomic mass is 16.5. The fourth-order valence-electron chi connectivity index (χ4n) is 2.68. The zero-order valence-corrected chi connectivity index (χ0v) is 11.1. The Bertz CT molecular complexity index is 247. The van der Waals surface area contributed by atoms with E-state index in [2.05, 4.69) is 5.32 Å². The second-order valence-corrected chi connectivity index (χ2v) is 5.46. The lowest BCUT2D eigenvalue weighted by atomic mass is 9.97. The van der Waals surface area contributed by atoms with Crippen molar-refractivity contribution in [2.24, 2.45) is 17.8 Å². The molecule has 17 heavy (non-hydrogen) atoms. The van der Waals surface area contributed by atoms with E-state index in [0.717, 1.165) is 30.7 Å². The number of ether oxygens (including phenoxy) is 1. The van der Waals surface area contributed by atoms with Gasteiger partial charge in [-0.15, -0.1) is 0 Å². The summed E-state index contributed by atoms with van der Waals surface area (Å²) >= 11 is 0. The van der Waals surface area contributed by atoms with Gasteiger partial charge in [0.1, 0.15) is 6.04 Å². The molecule has 2 aliphatic rings. The molecule has 0 bridgehead atoms. The van der Waals surface area contributed by atoms with Crippen LogP contribution in [0.2, 0.25) is 0 Å². The average molecular weight is 239 g/mol. The topological polar surface area (TPSA) is 38.3 Å². The van der Waals surface area contributed by atoms with Gasteiger partial charge in [-0.3, -0.25) is 4.79 Å². The largest absolute Gasteiger partial charge is 0.465 e. The van der Waals surface area contributed by atoms with Gasteiger partial charge in [-0.25, -0.2) is 0 Å². The minimum atomic E-state index is -0.102. The predicted octanol–water partition coefficient (Wildman–Crippen LogP) is 2.35. The van der Waals surface area contributed by atoms with Gasteiger partial charge in [0, 0.05) is 0 Å². The number of hydrogen-bond acceptors (Lipinski definition) is 3. The maximum absolute atomic E-state index is 11.7. The molecule has 1 N–H and O–H groups in total. The Morgan fingerprint density at radius 1 is 1.24 bits per heavy atom. The second-order valence-electron chi connectivity index (χ2n) is 5.46. The molecular formula is C14H25NO2. The van der Waals surface area contributed by atoms with Crippen molar-refractivity contribution in [3.8, 4) is 0 Å². The molecule has 2 aliphatic carbocycles. The molecule has 2 fully saturated rings. The first-order valence-corrected chi connectivity index (χ1v) is 7.16. The van der Waals surface area contributed by atoms with Crippen molar-refractivity contribution in [3.05, 3.63) is 0 Å². The SMILES string of the molecule is CCOC(=O)C(CC)NCC(C1CC1)C1CC1. The normalized spacial score (nSPS) is 21.6. The van der Waals surface area contributed by atoms with Gasteiger partial charge in [0.15, 0.2) is 0 Å². The first-order chi connectivity index (χ1) is 8.26. The van der Waals surface area contributed by atoms with Crippen molar-refractivity contribution in [2.45, 2.75) is 52.0 Å². The number of rotatable bonds is 8. The third-order valence-electron chi connectivity index (χ3n) is 4.03. The standard InChI is InChI=1S/C14H25NO2/c1-3-13(14(16)17-4-2)15-9-12(10-5-6-10)11-7-8-11/h10-13,15H,3-9H2,1-2H3. The van der Waals surface area contributed by atoms with Crippen molar-refractivity contribution in [1.29, 1.82) is 0 Å². The molecule has 3 nitrogen and oxygen atoms in total. The fraction of sp³-hybridized carbons (Fsp3) is 0.929. The van der Waals surface area contributed by atoms with Crippen LogP contribution in [0.3, 0.4) is 0 Å². The number of carbonyl (C=O) groups excluding carboxylic acids is 1. The molecule has 0 aromatic carbocycles. The van der Waals surface area contributed by atoms with E-state index in [4.69, 9.17) is 4.74 Å². The van der Waals surface area contributed by atoms with E-state index in [-0.39, 0.29) is 12.0 Å². The summed E-state index contributed by atoms with van der Waals surface area (Å²) in [6.07, 6.45) is 6.43. The molecule has 1 atom stereocenters. The Labute approximate surface area is 104 Å². The Kier molecular flexibility index (Phi) is 4.43. The molecule has 98 valence electrons. The van der Waals surface area contributed by atoms with Crippen LogP contribution in [-0.2, 0) is 9.53 Å². The van der Waals surface area contributed by atoms with Crippen LogP contribution in [0.15, 0.2) is 0 Å². The molecule has 3 heteroatoms.